The Hall–Kier alpha value is -0.0800. The van der Waals surface area contributed by atoms with Crippen LogP contribution in [0.25, 0.3) is 0 Å². The first kappa shape index (κ1) is 10.1. The molecule has 86 valence electrons. The fraction of sp³-hybridized carbons (Fsp3) is 1.00. The average molecular weight is 208 g/mol. The van der Waals surface area contributed by atoms with E-state index in [-0.39, 0.29) is 0 Å². The van der Waals surface area contributed by atoms with Crippen LogP contribution in [-0.2, 0) is 0 Å². The highest BCUT2D eigenvalue weighted by Gasteiger charge is 2.29. The highest BCUT2D eigenvalue weighted by molar-refractivity contribution is 4.83. The molecule has 3 rings (SSSR count). The van der Waals surface area contributed by atoms with E-state index in [0.29, 0.717) is 0 Å². The molecular formula is C13H24N2. The molecule has 0 atom stereocenters. The van der Waals surface area contributed by atoms with Crippen molar-refractivity contribution in [1.82, 2.24) is 10.2 Å². The van der Waals surface area contributed by atoms with Crippen molar-refractivity contribution in [2.75, 3.05) is 32.7 Å². The lowest BCUT2D eigenvalue weighted by molar-refractivity contribution is 0.212. The lowest BCUT2D eigenvalue weighted by Gasteiger charge is -2.30. The van der Waals surface area contributed by atoms with E-state index < -0.39 is 0 Å². The normalized spacial score (nSPS) is 27.0. The Balaban J connectivity index is 1.38. The number of rotatable bonds is 7. The van der Waals surface area contributed by atoms with Crippen molar-refractivity contribution in [1.29, 1.82) is 0 Å². The molecule has 0 aromatic carbocycles. The minimum Gasteiger partial charge on any atom is -0.316 e. The molecule has 3 aliphatic rings. The maximum absolute atomic E-state index is 3.37. The second-order valence-corrected chi connectivity index (χ2v) is 5.96. The van der Waals surface area contributed by atoms with Gasteiger partial charge in [-0.05, 0) is 69.5 Å². The molecule has 1 heterocycles. The minimum absolute atomic E-state index is 0.992. The predicted molar refractivity (Wildman–Crippen MR) is 62.9 cm³/mol. The Morgan fingerprint density at radius 1 is 0.867 bits per heavy atom. The SMILES string of the molecule is C(CN(CC1CC1)CC1CC1)C1CNC1. The summed E-state index contributed by atoms with van der Waals surface area (Å²) in [6.45, 7) is 6.76. The molecule has 0 spiro atoms. The Labute approximate surface area is 93.4 Å². The standard InChI is InChI=1S/C13H24N2/c1-2-11(1)9-15(10-12-3-4-12)6-5-13-7-14-8-13/h11-14H,1-10H2. The third kappa shape index (κ3) is 3.18. The van der Waals surface area contributed by atoms with Crippen molar-refractivity contribution in [3.8, 4) is 0 Å². The van der Waals surface area contributed by atoms with Gasteiger partial charge in [-0.25, -0.2) is 0 Å². The van der Waals surface area contributed by atoms with Gasteiger partial charge in [-0.15, -0.1) is 0 Å². The van der Waals surface area contributed by atoms with E-state index in [9.17, 15) is 0 Å². The summed E-state index contributed by atoms with van der Waals surface area (Å²) < 4.78 is 0. The van der Waals surface area contributed by atoms with E-state index in [2.05, 4.69) is 10.2 Å². The van der Waals surface area contributed by atoms with Crippen molar-refractivity contribution in [3.05, 3.63) is 0 Å². The van der Waals surface area contributed by atoms with Crippen LogP contribution in [0.5, 0.6) is 0 Å². The summed E-state index contributed by atoms with van der Waals surface area (Å²) in [6, 6.07) is 0. The highest BCUT2D eigenvalue weighted by atomic mass is 15.1. The minimum atomic E-state index is 0.992. The molecule has 1 N–H and O–H groups in total. The first-order valence-electron chi connectivity index (χ1n) is 6.83. The molecule has 2 heteroatoms. The lowest BCUT2D eigenvalue weighted by Crippen LogP contribution is -2.44. The van der Waals surface area contributed by atoms with Crippen LogP contribution >= 0.6 is 0 Å². The number of hydrogen-bond donors (Lipinski definition) is 1. The van der Waals surface area contributed by atoms with E-state index in [0.717, 1.165) is 17.8 Å². The predicted octanol–water partition coefficient (Wildman–Crippen LogP) is 1.72. The molecule has 2 nitrogen and oxygen atoms in total. The van der Waals surface area contributed by atoms with Crippen LogP contribution in [0.3, 0.4) is 0 Å². The van der Waals surface area contributed by atoms with Crippen LogP contribution in [0.4, 0.5) is 0 Å². The molecule has 15 heavy (non-hydrogen) atoms. The van der Waals surface area contributed by atoms with Crippen LogP contribution in [0.1, 0.15) is 32.1 Å². The zero-order valence-electron chi connectivity index (χ0n) is 9.75. The van der Waals surface area contributed by atoms with Gasteiger partial charge in [0.05, 0.1) is 0 Å². The molecule has 0 aromatic rings. The second-order valence-electron chi connectivity index (χ2n) is 5.96. The molecule has 0 aromatic heterocycles. The largest absolute Gasteiger partial charge is 0.316 e. The summed E-state index contributed by atoms with van der Waals surface area (Å²) in [6.07, 6.45) is 7.46. The Kier molecular flexibility index (Phi) is 2.98. The van der Waals surface area contributed by atoms with Crippen LogP contribution in [0, 0.1) is 17.8 Å². The molecule has 0 radical (unpaired) electrons. The van der Waals surface area contributed by atoms with Crippen molar-refractivity contribution < 1.29 is 0 Å². The summed E-state index contributed by atoms with van der Waals surface area (Å²) in [5.74, 6) is 3.14. The molecule has 1 aliphatic heterocycles. The fourth-order valence-electron chi connectivity index (χ4n) is 2.51. The van der Waals surface area contributed by atoms with Gasteiger partial charge in [0.15, 0.2) is 0 Å². The van der Waals surface area contributed by atoms with Gasteiger partial charge in [-0.2, -0.15) is 0 Å². The molecule has 0 bridgehead atoms. The van der Waals surface area contributed by atoms with Gasteiger partial charge in [-0.1, -0.05) is 0 Å². The van der Waals surface area contributed by atoms with Crippen molar-refractivity contribution in [3.63, 3.8) is 0 Å². The topological polar surface area (TPSA) is 15.3 Å². The van der Waals surface area contributed by atoms with Gasteiger partial charge in [0.2, 0.25) is 0 Å². The van der Waals surface area contributed by atoms with E-state index in [1.54, 1.807) is 0 Å². The zero-order chi connectivity index (χ0) is 10.1. The maximum atomic E-state index is 3.37. The summed E-state index contributed by atoms with van der Waals surface area (Å²) in [7, 11) is 0. The quantitative estimate of drug-likeness (QED) is 0.685. The Bertz CT molecular complexity index is 191. The van der Waals surface area contributed by atoms with Gasteiger partial charge in [0.1, 0.15) is 0 Å². The van der Waals surface area contributed by atoms with Gasteiger partial charge in [0, 0.05) is 13.1 Å². The van der Waals surface area contributed by atoms with Gasteiger partial charge < -0.3 is 10.2 Å². The van der Waals surface area contributed by atoms with Gasteiger partial charge in [-0.3, -0.25) is 0 Å². The summed E-state index contributed by atoms with van der Waals surface area (Å²) in [4.78, 5) is 2.77. The summed E-state index contributed by atoms with van der Waals surface area (Å²) in [5.41, 5.74) is 0. The monoisotopic (exact) mass is 208 g/mol. The average Bonchev–Trinajstić information content (AvgIpc) is 2.95. The Morgan fingerprint density at radius 2 is 1.47 bits per heavy atom. The number of nitrogens with zero attached hydrogens (tertiary/aromatic N) is 1. The third-order valence-electron chi connectivity index (χ3n) is 4.15. The highest BCUT2D eigenvalue weighted by Crippen LogP contribution is 2.33. The molecule has 0 unspecified atom stereocenters. The third-order valence-corrected chi connectivity index (χ3v) is 4.15. The molecule has 2 aliphatic carbocycles. The number of hydrogen-bond acceptors (Lipinski definition) is 2. The first-order chi connectivity index (χ1) is 7.40. The lowest BCUT2D eigenvalue weighted by atomic mass is 9.99. The number of nitrogens with one attached hydrogen (secondary N) is 1. The smallest absolute Gasteiger partial charge is 0.000978 e. The fourth-order valence-corrected chi connectivity index (χ4v) is 2.51. The maximum Gasteiger partial charge on any atom is 0.000978 e. The van der Waals surface area contributed by atoms with Crippen molar-refractivity contribution >= 4 is 0 Å². The Morgan fingerprint density at radius 3 is 1.87 bits per heavy atom. The molecule has 2 saturated carbocycles. The second kappa shape index (κ2) is 4.42. The van der Waals surface area contributed by atoms with Crippen LogP contribution < -0.4 is 5.32 Å². The van der Waals surface area contributed by atoms with E-state index in [1.165, 1.54) is 64.8 Å². The molecular weight excluding hydrogens is 184 g/mol. The summed E-state index contributed by atoms with van der Waals surface area (Å²) in [5, 5.41) is 3.37. The van der Waals surface area contributed by atoms with E-state index in [4.69, 9.17) is 0 Å². The van der Waals surface area contributed by atoms with Crippen LogP contribution in [0.15, 0.2) is 0 Å². The van der Waals surface area contributed by atoms with Crippen LogP contribution in [-0.4, -0.2) is 37.6 Å². The molecule has 3 fully saturated rings. The van der Waals surface area contributed by atoms with Crippen molar-refractivity contribution in [2.45, 2.75) is 32.1 Å². The van der Waals surface area contributed by atoms with Gasteiger partial charge in [0.25, 0.3) is 0 Å². The van der Waals surface area contributed by atoms with E-state index >= 15 is 0 Å². The van der Waals surface area contributed by atoms with Gasteiger partial charge >= 0.3 is 0 Å². The summed E-state index contributed by atoms with van der Waals surface area (Å²) >= 11 is 0. The van der Waals surface area contributed by atoms with Crippen LogP contribution in [0.2, 0.25) is 0 Å². The van der Waals surface area contributed by atoms with Crippen molar-refractivity contribution in [2.24, 2.45) is 17.8 Å². The molecule has 1 saturated heterocycles. The van der Waals surface area contributed by atoms with E-state index in [1.807, 2.05) is 0 Å². The first-order valence-corrected chi connectivity index (χ1v) is 6.83. The molecule has 0 amide bonds. The zero-order valence-corrected chi connectivity index (χ0v) is 9.75.